The zero-order chi connectivity index (χ0) is 11.8. The highest BCUT2D eigenvalue weighted by molar-refractivity contribution is 5.41. The Kier molecular flexibility index (Phi) is 5.53. The van der Waals surface area contributed by atoms with Gasteiger partial charge in [-0.2, -0.15) is 0 Å². The van der Waals surface area contributed by atoms with E-state index in [1.54, 1.807) is 19.4 Å². The zero-order valence-electron chi connectivity index (χ0n) is 9.59. The van der Waals surface area contributed by atoms with Crippen molar-refractivity contribution in [2.45, 2.75) is 6.61 Å². The fourth-order valence-electron chi connectivity index (χ4n) is 1.39. The molecule has 1 aromatic rings. The minimum absolute atomic E-state index is 0.0295. The first-order valence-corrected chi connectivity index (χ1v) is 5.22. The molecular formula is C12H18N2O2. The van der Waals surface area contributed by atoms with Crippen molar-refractivity contribution < 1.29 is 9.84 Å². The van der Waals surface area contributed by atoms with E-state index in [0.717, 1.165) is 17.9 Å². The molecule has 88 valence electrons. The van der Waals surface area contributed by atoms with Crippen LogP contribution in [0.5, 0.6) is 0 Å². The van der Waals surface area contributed by atoms with Gasteiger partial charge in [0.1, 0.15) is 5.82 Å². The summed E-state index contributed by atoms with van der Waals surface area (Å²) in [6.45, 7) is 5.85. The Balaban J connectivity index is 2.77. The van der Waals surface area contributed by atoms with Gasteiger partial charge in [0.25, 0.3) is 0 Å². The summed E-state index contributed by atoms with van der Waals surface area (Å²) in [5.41, 5.74) is 0.858. The summed E-state index contributed by atoms with van der Waals surface area (Å²) < 4.78 is 5.04. The number of nitrogens with zero attached hydrogens (tertiary/aromatic N) is 2. The first-order valence-electron chi connectivity index (χ1n) is 5.22. The number of aliphatic hydroxyl groups is 1. The smallest absolute Gasteiger partial charge is 0.129 e. The third-order valence-corrected chi connectivity index (χ3v) is 2.23. The van der Waals surface area contributed by atoms with E-state index in [0.29, 0.717) is 13.2 Å². The van der Waals surface area contributed by atoms with Gasteiger partial charge in [-0.1, -0.05) is 6.08 Å². The molecule has 0 spiro atoms. The normalized spacial score (nSPS) is 10.1. The topological polar surface area (TPSA) is 45.6 Å². The van der Waals surface area contributed by atoms with Gasteiger partial charge in [-0.3, -0.25) is 0 Å². The third-order valence-electron chi connectivity index (χ3n) is 2.23. The fourth-order valence-corrected chi connectivity index (χ4v) is 1.39. The highest BCUT2D eigenvalue weighted by atomic mass is 16.5. The van der Waals surface area contributed by atoms with Crippen LogP contribution in [0.3, 0.4) is 0 Å². The standard InChI is InChI=1S/C12H18N2O2/c1-3-6-14(7-8-16-2)12-9-11(10-15)4-5-13-12/h3-5,9,15H,1,6-8,10H2,2H3. The molecule has 0 amide bonds. The Hall–Kier alpha value is -1.39. The lowest BCUT2D eigenvalue weighted by Gasteiger charge is -2.22. The van der Waals surface area contributed by atoms with Gasteiger partial charge < -0.3 is 14.7 Å². The van der Waals surface area contributed by atoms with Gasteiger partial charge in [-0.05, 0) is 17.7 Å². The molecule has 1 aromatic heterocycles. The molecule has 16 heavy (non-hydrogen) atoms. The van der Waals surface area contributed by atoms with E-state index in [1.807, 2.05) is 12.1 Å². The summed E-state index contributed by atoms with van der Waals surface area (Å²) in [5.74, 6) is 0.837. The van der Waals surface area contributed by atoms with Crippen molar-refractivity contribution in [3.8, 4) is 0 Å². The summed E-state index contributed by atoms with van der Waals surface area (Å²) in [6.07, 6.45) is 3.52. The number of hydrogen-bond acceptors (Lipinski definition) is 4. The van der Waals surface area contributed by atoms with E-state index in [4.69, 9.17) is 9.84 Å². The van der Waals surface area contributed by atoms with E-state index in [1.165, 1.54) is 0 Å². The molecule has 0 radical (unpaired) electrons. The molecule has 1 heterocycles. The number of methoxy groups -OCH3 is 1. The van der Waals surface area contributed by atoms with Gasteiger partial charge in [0.15, 0.2) is 0 Å². The van der Waals surface area contributed by atoms with Crippen LogP contribution >= 0.6 is 0 Å². The van der Waals surface area contributed by atoms with Gasteiger partial charge in [-0.25, -0.2) is 4.98 Å². The van der Waals surface area contributed by atoms with Crippen molar-refractivity contribution in [1.29, 1.82) is 0 Å². The summed E-state index contributed by atoms with van der Waals surface area (Å²) >= 11 is 0. The van der Waals surface area contributed by atoms with Crippen LogP contribution in [0.2, 0.25) is 0 Å². The molecule has 4 nitrogen and oxygen atoms in total. The second kappa shape index (κ2) is 6.98. The summed E-state index contributed by atoms with van der Waals surface area (Å²) in [6, 6.07) is 3.67. The van der Waals surface area contributed by atoms with E-state index in [-0.39, 0.29) is 6.61 Å². The van der Waals surface area contributed by atoms with E-state index in [2.05, 4.69) is 16.5 Å². The van der Waals surface area contributed by atoms with Crippen LogP contribution in [0.1, 0.15) is 5.56 Å². The SMILES string of the molecule is C=CCN(CCOC)c1cc(CO)ccn1. The van der Waals surface area contributed by atoms with Crippen LogP contribution in [0.25, 0.3) is 0 Å². The maximum absolute atomic E-state index is 9.06. The molecular weight excluding hydrogens is 204 g/mol. The maximum atomic E-state index is 9.06. The predicted molar refractivity (Wildman–Crippen MR) is 64.4 cm³/mol. The number of aliphatic hydroxyl groups excluding tert-OH is 1. The van der Waals surface area contributed by atoms with Crippen molar-refractivity contribution in [3.63, 3.8) is 0 Å². The van der Waals surface area contributed by atoms with Gasteiger partial charge in [0.05, 0.1) is 13.2 Å². The van der Waals surface area contributed by atoms with Crippen LogP contribution in [0, 0.1) is 0 Å². The van der Waals surface area contributed by atoms with Crippen molar-refractivity contribution in [3.05, 3.63) is 36.5 Å². The average molecular weight is 222 g/mol. The first kappa shape index (κ1) is 12.7. The number of rotatable bonds is 7. The molecule has 0 aliphatic carbocycles. The van der Waals surface area contributed by atoms with Gasteiger partial charge in [0.2, 0.25) is 0 Å². The minimum Gasteiger partial charge on any atom is -0.392 e. The largest absolute Gasteiger partial charge is 0.392 e. The van der Waals surface area contributed by atoms with Gasteiger partial charge >= 0.3 is 0 Å². The van der Waals surface area contributed by atoms with Gasteiger partial charge in [-0.15, -0.1) is 6.58 Å². The molecule has 0 atom stereocenters. The van der Waals surface area contributed by atoms with Gasteiger partial charge in [0, 0.05) is 26.4 Å². The molecule has 0 saturated heterocycles. The van der Waals surface area contributed by atoms with Crippen LogP contribution in [0.4, 0.5) is 5.82 Å². The number of pyridine rings is 1. The summed E-state index contributed by atoms with van der Waals surface area (Å²) in [5, 5.41) is 9.06. The number of anilines is 1. The van der Waals surface area contributed by atoms with Crippen molar-refractivity contribution in [2.75, 3.05) is 31.7 Å². The first-order chi connectivity index (χ1) is 7.81. The monoisotopic (exact) mass is 222 g/mol. The Bertz CT molecular complexity index is 329. The lowest BCUT2D eigenvalue weighted by atomic mass is 10.2. The number of aromatic nitrogens is 1. The summed E-state index contributed by atoms with van der Waals surface area (Å²) in [7, 11) is 1.67. The molecule has 0 aliphatic heterocycles. The fraction of sp³-hybridized carbons (Fsp3) is 0.417. The zero-order valence-corrected chi connectivity index (χ0v) is 9.59. The third kappa shape index (κ3) is 3.64. The Labute approximate surface area is 96.2 Å². The molecule has 1 N–H and O–H groups in total. The van der Waals surface area contributed by atoms with Crippen LogP contribution < -0.4 is 4.90 Å². The maximum Gasteiger partial charge on any atom is 0.129 e. The van der Waals surface area contributed by atoms with E-state index < -0.39 is 0 Å². The highest BCUT2D eigenvalue weighted by Crippen LogP contribution is 2.12. The molecule has 4 heteroatoms. The second-order valence-electron chi connectivity index (χ2n) is 3.41. The van der Waals surface area contributed by atoms with Crippen molar-refractivity contribution in [1.82, 2.24) is 4.98 Å². The minimum atomic E-state index is 0.0295. The lowest BCUT2D eigenvalue weighted by molar-refractivity contribution is 0.205. The Morgan fingerprint density at radius 2 is 2.44 bits per heavy atom. The average Bonchev–Trinajstić information content (AvgIpc) is 2.34. The molecule has 0 aromatic carbocycles. The second-order valence-corrected chi connectivity index (χ2v) is 3.41. The molecule has 0 fully saturated rings. The van der Waals surface area contributed by atoms with Crippen LogP contribution in [0.15, 0.2) is 31.0 Å². The number of ether oxygens (including phenoxy) is 1. The van der Waals surface area contributed by atoms with Crippen LogP contribution in [-0.4, -0.2) is 36.9 Å². The Morgan fingerprint density at radius 1 is 1.62 bits per heavy atom. The Morgan fingerprint density at radius 3 is 3.06 bits per heavy atom. The molecule has 0 saturated carbocycles. The predicted octanol–water partition coefficient (Wildman–Crippen LogP) is 1.21. The molecule has 0 bridgehead atoms. The summed E-state index contributed by atoms with van der Waals surface area (Å²) in [4.78, 5) is 6.32. The molecule has 1 rings (SSSR count). The van der Waals surface area contributed by atoms with E-state index in [9.17, 15) is 0 Å². The van der Waals surface area contributed by atoms with Crippen molar-refractivity contribution >= 4 is 5.82 Å². The molecule has 0 unspecified atom stereocenters. The van der Waals surface area contributed by atoms with Crippen LogP contribution in [-0.2, 0) is 11.3 Å². The lowest BCUT2D eigenvalue weighted by Crippen LogP contribution is -2.28. The number of hydrogen-bond donors (Lipinski definition) is 1. The quantitative estimate of drug-likeness (QED) is 0.704. The highest BCUT2D eigenvalue weighted by Gasteiger charge is 2.06. The van der Waals surface area contributed by atoms with Crippen molar-refractivity contribution in [2.24, 2.45) is 0 Å². The molecule has 0 aliphatic rings. The van der Waals surface area contributed by atoms with E-state index >= 15 is 0 Å².